The number of rotatable bonds is 2. The fraction of sp³-hybridized carbons (Fsp3) is 0.455. The van der Waals surface area contributed by atoms with Crippen LogP contribution in [0, 0.1) is 0 Å². The molecule has 1 amide bonds. The largest absolute Gasteiger partial charge is 0.363 e. The lowest BCUT2D eigenvalue weighted by atomic mass is 9.97. The first kappa shape index (κ1) is 19.3. The fourth-order valence-corrected chi connectivity index (χ4v) is 4.95. The zero-order valence-electron chi connectivity index (χ0n) is 17.3. The van der Waals surface area contributed by atoms with Crippen molar-refractivity contribution in [3.8, 4) is 0 Å². The van der Waals surface area contributed by atoms with E-state index in [-0.39, 0.29) is 5.91 Å². The summed E-state index contributed by atoms with van der Waals surface area (Å²) in [5.41, 5.74) is 5.64. The number of amides is 1. The smallest absolute Gasteiger partial charge is 0.219 e. The summed E-state index contributed by atoms with van der Waals surface area (Å²) in [6.45, 7) is 7.64. The van der Waals surface area contributed by atoms with Crippen molar-refractivity contribution in [3.05, 3.63) is 46.1 Å². The predicted molar refractivity (Wildman–Crippen MR) is 118 cm³/mol. The van der Waals surface area contributed by atoms with Crippen molar-refractivity contribution in [2.75, 3.05) is 36.0 Å². The molecule has 2 aromatic heterocycles. The third-order valence-corrected chi connectivity index (χ3v) is 6.57. The molecule has 1 atom stereocenters. The number of allylic oxidation sites excluding steroid dienone is 1. The van der Waals surface area contributed by atoms with Gasteiger partial charge in [0.15, 0.2) is 0 Å². The molecule has 1 aliphatic carbocycles. The molecule has 0 N–H and O–H groups in total. The first-order valence-corrected chi connectivity index (χ1v) is 10.8. The molecule has 1 fully saturated rings. The van der Waals surface area contributed by atoms with E-state index in [0.29, 0.717) is 11.2 Å². The summed E-state index contributed by atoms with van der Waals surface area (Å²) in [5, 5.41) is 0.537. The zero-order chi connectivity index (χ0) is 20.8. The number of fused-ring (bicyclic) bond motifs is 2. The molecule has 0 radical (unpaired) electrons. The minimum absolute atomic E-state index is 0.135. The summed E-state index contributed by atoms with van der Waals surface area (Å²) in [6.07, 6.45) is 7.66. The van der Waals surface area contributed by atoms with Gasteiger partial charge >= 0.3 is 0 Å². The molecule has 0 aromatic carbocycles. The highest BCUT2D eigenvalue weighted by Gasteiger charge is 2.31. The molecule has 0 unspecified atom stereocenters. The minimum Gasteiger partial charge on any atom is -0.363 e. The molecule has 2 aliphatic heterocycles. The van der Waals surface area contributed by atoms with Gasteiger partial charge in [0.05, 0.1) is 11.4 Å². The Morgan fingerprint density at radius 3 is 2.73 bits per heavy atom. The summed E-state index contributed by atoms with van der Waals surface area (Å²) in [7, 11) is 0. The van der Waals surface area contributed by atoms with Crippen LogP contribution in [0.5, 0.6) is 0 Å². The Hall–Kier alpha value is -2.67. The quantitative estimate of drug-likeness (QED) is 0.690. The highest BCUT2D eigenvalue weighted by atomic mass is 35.5. The molecule has 0 saturated carbocycles. The van der Waals surface area contributed by atoms with E-state index in [9.17, 15) is 4.79 Å². The van der Waals surface area contributed by atoms with Crippen LogP contribution in [0.15, 0.2) is 18.5 Å². The Morgan fingerprint density at radius 1 is 1.17 bits per heavy atom. The normalized spacial score (nSPS) is 20.4. The molecule has 0 bridgehead atoms. The average Bonchev–Trinajstić information content (AvgIpc) is 3.20. The second-order valence-electron chi connectivity index (χ2n) is 8.23. The molecule has 3 aliphatic rings. The number of piperazine rings is 1. The van der Waals surface area contributed by atoms with Crippen molar-refractivity contribution in [1.29, 1.82) is 0 Å². The second kappa shape index (κ2) is 7.54. The van der Waals surface area contributed by atoms with Crippen molar-refractivity contribution in [2.45, 2.75) is 39.3 Å². The molecule has 156 valence electrons. The van der Waals surface area contributed by atoms with Gasteiger partial charge in [-0.25, -0.2) is 15.0 Å². The monoisotopic (exact) mass is 424 g/mol. The maximum absolute atomic E-state index is 11.7. The number of pyridine rings is 1. The predicted octanol–water partition coefficient (Wildman–Crippen LogP) is 2.71. The number of halogens is 1. The van der Waals surface area contributed by atoms with E-state index in [0.717, 1.165) is 68.5 Å². The van der Waals surface area contributed by atoms with E-state index in [1.165, 1.54) is 11.1 Å². The van der Waals surface area contributed by atoms with E-state index < -0.39 is 0 Å². The maximum Gasteiger partial charge on any atom is 0.219 e. The van der Waals surface area contributed by atoms with Crippen LogP contribution in [0.1, 0.15) is 36.4 Å². The number of carbonyl (C=O) groups is 1. The molecular weight excluding hydrogens is 400 g/mol. The highest BCUT2D eigenvalue weighted by Crippen LogP contribution is 2.37. The number of hydrogen-bond acceptors (Lipinski definition) is 6. The Labute approximate surface area is 181 Å². The first-order chi connectivity index (χ1) is 14.5. The van der Waals surface area contributed by atoms with E-state index in [4.69, 9.17) is 11.6 Å². The lowest BCUT2D eigenvalue weighted by Gasteiger charge is -2.40. The van der Waals surface area contributed by atoms with Crippen LogP contribution in [0.25, 0.3) is 6.08 Å². The van der Waals surface area contributed by atoms with Gasteiger partial charge in [-0.3, -0.25) is 4.79 Å². The molecule has 1 saturated heterocycles. The van der Waals surface area contributed by atoms with Crippen molar-refractivity contribution < 1.29 is 4.79 Å². The first-order valence-electron chi connectivity index (χ1n) is 10.5. The number of nitrogens with zero attached hydrogens (tertiary/aromatic N) is 6. The van der Waals surface area contributed by atoms with Crippen LogP contribution >= 0.6 is 11.6 Å². The number of anilines is 2. The standard InChI is InChI=1S/C22H25ClN6O/c1-14-10-19-17(12-29(14)20-11-21(23)26-18-5-3-4-16(18)20)22(25-13-24-19)28-8-6-27(7-9-28)15(2)30/h3-4,11,13-14H,5-10,12H2,1-2H3/t14-/m1/s1. The minimum atomic E-state index is 0.135. The molecular formula is C22H25ClN6O. The van der Waals surface area contributed by atoms with E-state index in [1.807, 2.05) is 11.0 Å². The van der Waals surface area contributed by atoms with Crippen LogP contribution in [-0.4, -0.2) is 58.0 Å². The van der Waals surface area contributed by atoms with Gasteiger partial charge in [-0.05, 0) is 13.0 Å². The number of aromatic nitrogens is 3. The molecule has 2 aromatic rings. The van der Waals surface area contributed by atoms with Crippen LogP contribution in [-0.2, 0) is 24.2 Å². The number of carbonyl (C=O) groups excluding carboxylic acids is 1. The Kier molecular flexibility index (Phi) is 4.85. The molecule has 8 heteroatoms. The van der Waals surface area contributed by atoms with Crippen LogP contribution in [0.2, 0.25) is 5.15 Å². The van der Waals surface area contributed by atoms with E-state index >= 15 is 0 Å². The summed E-state index contributed by atoms with van der Waals surface area (Å²) in [6, 6.07) is 2.28. The molecule has 30 heavy (non-hydrogen) atoms. The lowest BCUT2D eigenvalue weighted by molar-refractivity contribution is -0.129. The summed E-state index contributed by atoms with van der Waals surface area (Å²) in [5.74, 6) is 1.13. The second-order valence-corrected chi connectivity index (χ2v) is 8.61. The Bertz CT molecular complexity index is 1030. The number of hydrogen-bond donors (Lipinski definition) is 0. The molecule has 0 spiro atoms. The molecule has 7 nitrogen and oxygen atoms in total. The summed E-state index contributed by atoms with van der Waals surface area (Å²) >= 11 is 6.36. The van der Waals surface area contributed by atoms with Gasteiger partial charge in [0.25, 0.3) is 0 Å². The fourth-order valence-electron chi connectivity index (χ4n) is 4.74. The van der Waals surface area contributed by atoms with Gasteiger partial charge < -0.3 is 14.7 Å². The van der Waals surface area contributed by atoms with Crippen LogP contribution in [0.3, 0.4) is 0 Å². The average molecular weight is 425 g/mol. The van der Waals surface area contributed by atoms with Gasteiger partial charge in [0.1, 0.15) is 17.3 Å². The summed E-state index contributed by atoms with van der Waals surface area (Å²) in [4.78, 5) is 32.0. The lowest BCUT2D eigenvalue weighted by Crippen LogP contribution is -2.49. The van der Waals surface area contributed by atoms with E-state index in [2.05, 4.69) is 43.8 Å². The van der Waals surface area contributed by atoms with E-state index in [1.54, 1.807) is 13.3 Å². The Morgan fingerprint density at radius 2 is 1.97 bits per heavy atom. The Balaban J connectivity index is 1.48. The van der Waals surface area contributed by atoms with Crippen molar-refractivity contribution in [2.24, 2.45) is 0 Å². The third-order valence-electron chi connectivity index (χ3n) is 6.38. The van der Waals surface area contributed by atoms with Gasteiger partial charge in [0, 0.05) is 75.3 Å². The topological polar surface area (TPSA) is 65.5 Å². The molecule has 5 rings (SSSR count). The summed E-state index contributed by atoms with van der Waals surface area (Å²) < 4.78 is 0. The van der Waals surface area contributed by atoms with Gasteiger partial charge in [0.2, 0.25) is 5.91 Å². The molecule has 4 heterocycles. The third kappa shape index (κ3) is 3.31. The highest BCUT2D eigenvalue weighted by molar-refractivity contribution is 6.29. The van der Waals surface area contributed by atoms with Crippen LogP contribution in [0.4, 0.5) is 11.5 Å². The van der Waals surface area contributed by atoms with Gasteiger partial charge in [-0.2, -0.15) is 0 Å². The zero-order valence-corrected chi connectivity index (χ0v) is 18.1. The van der Waals surface area contributed by atoms with Crippen LogP contribution < -0.4 is 9.80 Å². The maximum atomic E-state index is 11.7. The van der Waals surface area contributed by atoms with Crippen molar-refractivity contribution in [3.63, 3.8) is 0 Å². The van der Waals surface area contributed by atoms with Crippen molar-refractivity contribution in [1.82, 2.24) is 19.9 Å². The van der Waals surface area contributed by atoms with Gasteiger partial charge in [-0.1, -0.05) is 23.8 Å². The van der Waals surface area contributed by atoms with Crippen molar-refractivity contribution >= 4 is 35.1 Å². The SMILES string of the molecule is CC(=O)N1CCN(c2ncnc3c2CN(c2cc(Cl)nc4c2C=CC4)[C@H](C)C3)CC1. The van der Waals surface area contributed by atoms with Gasteiger partial charge in [-0.15, -0.1) is 0 Å².